The first-order valence-corrected chi connectivity index (χ1v) is 11.2. The molecule has 2 aromatic rings. The van der Waals surface area contributed by atoms with E-state index in [1.54, 1.807) is 6.92 Å². The Labute approximate surface area is 163 Å². The molecule has 0 aliphatic carbocycles. The van der Waals surface area contributed by atoms with E-state index >= 15 is 0 Å². The van der Waals surface area contributed by atoms with Gasteiger partial charge in [0.25, 0.3) is 10.0 Å². The summed E-state index contributed by atoms with van der Waals surface area (Å²) in [5.41, 5.74) is 0.671. The zero-order valence-corrected chi connectivity index (χ0v) is 17.0. The number of carbonyl (C=O) groups excluding carboxylic acids is 1. The maximum atomic E-state index is 13.0. The normalized spacial score (nSPS) is 16.8. The van der Waals surface area contributed by atoms with Crippen LogP contribution in [0.15, 0.2) is 40.4 Å². The van der Waals surface area contributed by atoms with Gasteiger partial charge in [-0.15, -0.1) is 0 Å². The van der Waals surface area contributed by atoms with Gasteiger partial charge in [0.05, 0.1) is 23.8 Å². The number of aromatic amines is 1. The molecule has 0 unspecified atom stereocenters. The molecule has 0 atom stereocenters. The van der Waals surface area contributed by atoms with Gasteiger partial charge < -0.3 is 4.74 Å². The third-order valence-electron chi connectivity index (χ3n) is 4.50. The fourth-order valence-electron chi connectivity index (χ4n) is 3.00. The average molecular weight is 428 g/mol. The number of methoxy groups -OCH3 is 1. The number of rotatable bonds is 5. The summed E-state index contributed by atoms with van der Waals surface area (Å²) in [5.74, 6) is -0.551. The van der Waals surface area contributed by atoms with Gasteiger partial charge in [-0.05, 0) is 36.8 Å². The van der Waals surface area contributed by atoms with E-state index in [0.29, 0.717) is 5.56 Å². The van der Waals surface area contributed by atoms with E-state index in [0.717, 1.165) is 0 Å². The van der Waals surface area contributed by atoms with Gasteiger partial charge in [-0.25, -0.2) is 21.6 Å². The maximum absolute atomic E-state index is 13.0. The van der Waals surface area contributed by atoms with E-state index in [4.69, 9.17) is 0 Å². The first-order valence-electron chi connectivity index (χ1n) is 8.36. The lowest BCUT2D eigenvalue weighted by Gasteiger charge is -2.33. The van der Waals surface area contributed by atoms with Gasteiger partial charge in [-0.2, -0.15) is 13.7 Å². The van der Waals surface area contributed by atoms with Crippen molar-refractivity contribution in [3.05, 3.63) is 41.6 Å². The largest absolute Gasteiger partial charge is 0.465 e. The van der Waals surface area contributed by atoms with Gasteiger partial charge in [-0.3, -0.25) is 5.10 Å². The smallest absolute Gasteiger partial charge is 0.337 e. The summed E-state index contributed by atoms with van der Waals surface area (Å²) < 4.78 is 58.0. The van der Waals surface area contributed by atoms with E-state index in [9.17, 15) is 21.6 Å². The average Bonchev–Trinajstić information content (AvgIpc) is 3.23. The number of piperazine rings is 1. The zero-order chi connectivity index (χ0) is 20.5. The van der Waals surface area contributed by atoms with Crippen LogP contribution in [0, 0.1) is 6.92 Å². The van der Waals surface area contributed by atoms with Crippen molar-refractivity contribution in [2.45, 2.75) is 16.8 Å². The summed E-state index contributed by atoms with van der Waals surface area (Å²) in [7, 11) is -6.31. The van der Waals surface area contributed by atoms with Gasteiger partial charge in [0.15, 0.2) is 5.03 Å². The molecule has 1 fully saturated rings. The predicted molar refractivity (Wildman–Crippen MR) is 98.6 cm³/mol. The van der Waals surface area contributed by atoms with Crippen LogP contribution in [0.3, 0.4) is 0 Å². The zero-order valence-electron chi connectivity index (χ0n) is 15.3. The number of carbonyl (C=O) groups is 1. The Balaban J connectivity index is 1.77. The number of esters is 1. The minimum absolute atomic E-state index is 0.0217. The number of aromatic nitrogens is 2. The van der Waals surface area contributed by atoms with Gasteiger partial charge in [0.1, 0.15) is 0 Å². The van der Waals surface area contributed by atoms with Crippen LogP contribution in [0.5, 0.6) is 0 Å². The van der Waals surface area contributed by atoms with Crippen LogP contribution < -0.4 is 0 Å². The quantitative estimate of drug-likeness (QED) is 0.673. The molecule has 1 aromatic heterocycles. The molecule has 1 saturated heterocycles. The first kappa shape index (κ1) is 20.5. The number of benzene rings is 1. The van der Waals surface area contributed by atoms with Gasteiger partial charge in [0.2, 0.25) is 10.0 Å². The minimum Gasteiger partial charge on any atom is -0.465 e. The Morgan fingerprint density at radius 2 is 1.64 bits per heavy atom. The molecule has 12 heteroatoms. The summed E-state index contributed by atoms with van der Waals surface area (Å²) in [6, 6.07) is 5.57. The highest BCUT2D eigenvalue weighted by Gasteiger charge is 2.35. The number of sulfonamides is 2. The Morgan fingerprint density at radius 3 is 2.14 bits per heavy atom. The molecule has 0 radical (unpaired) electrons. The topological polar surface area (TPSA) is 130 Å². The maximum Gasteiger partial charge on any atom is 0.337 e. The monoisotopic (exact) mass is 428 g/mol. The Bertz CT molecular complexity index is 1070. The Hall–Kier alpha value is -2.28. The van der Waals surface area contributed by atoms with E-state index in [2.05, 4.69) is 14.9 Å². The first-order chi connectivity index (χ1) is 13.2. The number of ether oxygens (including phenoxy) is 1. The van der Waals surface area contributed by atoms with Crippen LogP contribution in [0.2, 0.25) is 0 Å². The summed E-state index contributed by atoms with van der Waals surface area (Å²) >= 11 is 0. The molecule has 1 aliphatic rings. The minimum atomic E-state index is -3.83. The van der Waals surface area contributed by atoms with E-state index in [1.165, 1.54) is 46.2 Å². The highest BCUT2D eigenvalue weighted by atomic mass is 32.2. The highest BCUT2D eigenvalue weighted by Crippen LogP contribution is 2.24. The van der Waals surface area contributed by atoms with E-state index in [1.807, 2.05) is 0 Å². The van der Waals surface area contributed by atoms with Crippen molar-refractivity contribution in [1.82, 2.24) is 18.8 Å². The van der Waals surface area contributed by atoms with Crippen LogP contribution in [0.4, 0.5) is 0 Å². The molecular weight excluding hydrogens is 408 g/mol. The number of H-pyrrole nitrogens is 1. The van der Waals surface area contributed by atoms with Crippen molar-refractivity contribution in [2.24, 2.45) is 0 Å². The summed E-state index contributed by atoms with van der Waals surface area (Å²) in [6.07, 6.45) is 1.34. The molecule has 152 valence electrons. The van der Waals surface area contributed by atoms with Crippen LogP contribution in [0.1, 0.15) is 15.9 Å². The van der Waals surface area contributed by atoms with Gasteiger partial charge >= 0.3 is 5.97 Å². The second-order valence-electron chi connectivity index (χ2n) is 6.20. The second-order valence-corrected chi connectivity index (χ2v) is 10.0. The molecule has 1 aliphatic heterocycles. The molecule has 10 nitrogen and oxygen atoms in total. The van der Waals surface area contributed by atoms with Crippen LogP contribution in [0.25, 0.3) is 0 Å². The predicted octanol–water partition coefficient (Wildman–Crippen LogP) is 0.200. The van der Waals surface area contributed by atoms with Gasteiger partial charge in [0, 0.05) is 26.2 Å². The molecule has 2 heterocycles. The number of hydrogen-bond acceptors (Lipinski definition) is 7. The summed E-state index contributed by atoms with van der Waals surface area (Å²) in [6.45, 7) is 1.69. The Kier molecular flexibility index (Phi) is 5.57. The second kappa shape index (κ2) is 7.62. The Morgan fingerprint density at radius 1 is 1.04 bits per heavy atom. The molecule has 0 saturated carbocycles. The fourth-order valence-corrected chi connectivity index (χ4v) is 5.95. The molecule has 28 heavy (non-hydrogen) atoms. The van der Waals surface area contributed by atoms with Crippen molar-refractivity contribution in [3.8, 4) is 0 Å². The lowest BCUT2D eigenvalue weighted by atomic mass is 10.1. The van der Waals surface area contributed by atoms with Crippen molar-refractivity contribution in [2.75, 3.05) is 33.3 Å². The summed E-state index contributed by atoms with van der Waals surface area (Å²) in [4.78, 5) is 11.7. The third-order valence-corrected chi connectivity index (χ3v) is 8.39. The molecule has 0 bridgehead atoms. The lowest BCUT2D eigenvalue weighted by molar-refractivity contribution is 0.0600. The summed E-state index contributed by atoms with van der Waals surface area (Å²) in [5, 5.41) is 6.03. The molecule has 1 aromatic carbocycles. The van der Waals surface area contributed by atoms with Crippen molar-refractivity contribution >= 4 is 26.0 Å². The highest BCUT2D eigenvalue weighted by molar-refractivity contribution is 7.89. The standard InChI is InChI=1S/C16H20N4O6S2/c1-12-11-13(16(21)26-2)3-4-14(12)27(22,23)19-7-9-20(10-8-19)28(24,25)15-5-6-17-18-15/h3-6,11H,7-10H2,1-2H3,(H,17,18). The van der Waals surface area contributed by atoms with Crippen LogP contribution in [-0.4, -0.2) is 74.9 Å². The van der Waals surface area contributed by atoms with Crippen molar-refractivity contribution < 1.29 is 26.4 Å². The van der Waals surface area contributed by atoms with E-state index in [-0.39, 0.29) is 41.7 Å². The lowest BCUT2D eigenvalue weighted by Crippen LogP contribution is -2.50. The van der Waals surface area contributed by atoms with E-state index < -0.39 is 26.0 Å². The number of nitrogens with one attached hydrogen (secondary N) is 1. The van der Waals surface area contributed by atoms with Crippen LogP contribution in [-0.2, 0) is 24.8 Å². The molecule has 3 rings (SSSR count). The number of hydrogen-bond donors (Lipinski definition) is 1. The van der Waals surface area contributed by atoms with Gasteiger partial charge in [-0.1, -0.05) is 0 Å². The third kappa shape index (κ3) is 3.68. The molecule has 0 spiro atoms. The number of aryl methyl sites for hydroxylation is 1. The number of nitrogens with zero attached hydrogens (tertiary/aromatic N) is 3. The molecular formula is C16H20N4O6S2. The SMILES string of the molecule is COC(=O)c1ccc(S(=O)(=O)N2CCN(S(=O)(=O)c3ccn[nH]3)CC2)c(C)c1. The van der Waals surface area contributed by atoms with Crippen molar-refractivity contribution in [1.29, 1.82) is 0 Å². The molecule has 0 amide bonds. The molecule has 1 N–H and O–H groups in total. The fraction of sp³-hybridized carbons (Fsp3) is 0.375. The van der Waals surface area contributed by atoms with Crippen molar-refractivity contribution in [3.63, 3.8) is 0 Å². The van der Waals surface area contributed by atoms with Crippen LogP contribution >= 0.6 is 0 Å².